The Bertz CT molecular complexity index is 1190. The van der Waals surface area contributed by atoms with Crippen LogP contribution in [0.15, 0.2) is 67.4 Å². The topological polar surface area (TPSA) is 63.0 Å². The Balaban J connectivity index is 1.36. The van der Waals surface area contributed by atoms with Gasteiger partial charge in [0.2, 0.25) is 0 Å². The Morgan fingerprint density at radius 2 is 1.71 bits per heavy atom. The van der Waals surface area contributed by atoms with Gasteiger partial charge in [0, 0.05) is 41.0 Å². The van der Waals surface area contributed by atoms with Gasteiger partial charge in [-0.1, -0.05) is 74.5 Å². The van der Waals surface area contributed by atoms with E-state index in [-0.39, 0.29) is 5.54 Å². The molecule has 5 heteroatoms. The summed E-state index contributed by atoms with van der Waals surface area (Å²) in [5.41, 5.74) is 13.2. The van der Waals surface area contributed by atoms with Crippen LogP contribution in [0.4, 0.5) is 0 Å². The van der Waals surface area contributed by atoms with Crippen molar-refractivity contribution in [1.82, 2.24) is 15.6 Å². The van der Waals surface area contributed by atoms with Crippen LogP contribution in [0.25, 0.3) is 27.9 Å². The molecule has 0 amide bonds. The van der Waals surface area contributed by atoms with Crippen molar-refractivity contribution in [2.24, 2.45) is 5.73 Å². The average molecular weight is 489 g/mol. The Morgan fingerprint density at radius 1 is 1.00 bits per heavy atom. The van der Waals surface area contributed by atoms with Crippen molar-refractivity contribution in [3.05, 3.63) is 83.5 Å². The van der Waals surface area contributed by atoms with E-state index in [1.807, 2.05) is 12.1 Å². The molecule has 1 aliphatic rings. The van der Waals surface area contributed by atoms with Crippen LogP contribution in [0, 0.1) is 0 Å². The quantitative estimate of drug-likeness (QED) is 0.224. The molecule has 0 bridgehead atoms. The van der Waals surface area contributed by atoms with Crippen molar-refractivity contribution in [3.8, 4) is 11.3 Å². The standard InChI is InChI=1S/C30H37ClN4/c1-4-5-8-21(2)33-17-6-7-18-34-22(3)24-11-14-26-27(31)20-28(35-29(26)19-24)23-9-12-25(13-10-23)30(32)15-16-30/h9-14,19-20,33-34H,2-8,15-18,32H2,1H3. The number of nitrogens with zero attached hydrogens (tertiary/aromatic N) is 1. The number of hydrogen-bond donors (Lipinski definition) is 3. The summed E-state index contributed by atoms with van der Waals surface area (Å²) >= 11 is 6.63. The Labute approximate surface area is 214 Å². The Hall–Kier alpha value is -2.82. The van der Waals surface area contributed by atoms with E-state index in [9.17, 15) is 0 Å². The van der Waals surface area contributed by atoms with Gasteiger partial charge in [-0.3, -0.25) is 0 Å². The maximum Gasteiger partial charge on any atom is 0.0731 e. The number of hydrogen-bond acceptors (Lipinski definition) is 4. The van der Waals surface area contributed by atoms with E-state index in [2.05, 4.69) is 67.1 Å². The molecule has 0 radical (unpaired) electrons. The predicted octanol–water partition coefficient (Wildman–Crippen LogP) is 7.14. The first-order valence-corrected chi connectivity index (χ1v) is 13.1. The largest absolute Gasteiger partial charge is 0.389 e. The second-order valence-electron chi connectivity index (χ2n) is 9.70. The first-order valence-electron chi connectivity index (χ1n) is 12.7. The van der Waals surface area contributed by atoms with E-state index in [4.69, 9.17) is 22.3 Å². The number of halogens is 1. The molecule has 1 saturated carbocycles. The highest BCUT2D eigenvalue weighted by Crippen LogP contribution is 2.43. The van der Waals surface area contributed by atoms with Gasteiger partial charge < -0.3 is 16.4 Å². The highest BCUT2D eigenvalue weighted by molar-refractivity contribution is 6.35. The van der Waals surface area contributed by atoms with E-state index in [0.717, 1.165) is 84.3 Å². The van der Waals surface area contributed by atoms with E-state index in [1.54, 1.807) is 0 Å². The minimum absolute atomic E-state index is 0.130. The van der Waals surface area contributed by atoms with E-state index in [0.29, 0.717) is 5.02 Å². The SMILES string of the molecule is C=C(CCCC)NCCCCNC(=C)c1ccc2c(Cl)cc(-c3ccc(C4(N)CC4)cc3)nc2c1. The van der Waals surface area contributed by atoms with Gasteiger partial charge in [0.05, 0.1) is 16.2 Å². The van der Waals surface area contributed by atoms with Crippen LogP contribution in [0.1, 0.15) is 63.0 Å². The highest BCUT2D eigenvalue weighted by Gasteiger charge is 2.39. The van der Waals surface area contributed by atoms with E-state index in [1.165, 1.54) is 18.4 Å². The zero-order chi connectivity index (χ0) is 24.8. The number of rotatable bonds is 13. The van der Waals surface area contributed by atoms with Crippen LogP contribution in [0.5, 0.6) is 0 Å². The number of benzene rings is 2. The molecule has 1 fully saturated rings. The molecule has 1 heterocycles. The fraction of sp³-hybridized carbons (Fsp3) is 0.367. The number of nitrogens with one attached hydrogen (secondary N) is 2. The molecule has 3 aromatic rings. The summed E-state index contributed by atoms with van der Waals surface area (Å²) in [4.78, 5) is 4.91. The average Bonchev–Trinajstić information content (AvgIpc) is 3.62. The molecular formula is C30H37ClN4. The third kappa shape index (κ3) is 6.45. The van der Waals surface area contributed by atoms with Gasteiger partial charge in [0.25, 0.3) is 0 Å². The monoisotopic (exact) mass is 488 g/mol. The van der Waals surface area contributed by atoms with Gasteiger partial charge in [-0.05, 0) is 61.8 Å². The molecule has 0 aliphatic heterocycles. The van der Waals surface area contributed by atoms with Gasteiger partial charge >= 0.3 is 0 Å². The zero-order valence-corrected chi connectivity index (χ0v) is 21.6. The van der Waals surface area contributed by atoms with Gasteiger partial charge in [0.15, 0.2) is 0 Å². The first kappa shape index (κ1) is 25.3. The van der Waals surface area contributed by atoms with Crippen LogP contribution >= 0.6 is 11.6 Å². The van der Waals surface area contributed by atoms with Gasteiger partial charge in [0.1, 0.15) is 0 Å². The van der Waals surface area contributed by atoms with E-state index < -0.39 is 0 Å². The zero-order valence-electron chi connectivity index (χ0n) is 20.8. The molecule has 4 nitrogen and oxygen atoms in total. The fourth-order valence-corrected chi connectivity index (χ4v) is 4.52. The smallest absolute Gasteiger partial charge is 0.0731 e. The number of allylic oxidation sites excluding steroid dienone is 1. The lowest BCUT2D eigenvalue weighted by atomic mass is 10.0. The summed E-state index contributed by atoms with van der Waals surface area (Å²) in [6.45, 7) is 12.4. The number of nitrogens with two attached hydrogens (primary N) is 1. The van der Waals surface area contributed by atoms with Crippen LogP contribution in [0.3, 0.4) is 0 Å². The third-order valence-electron chi connectivity index (χ3n) is 6.80. The summed E-state index contributed by atoms with van der Waals surface area (Å²) in [6, 6.07) is 16.5. The molecular weight excluding hydrogens is 452 g/mol. The Morgan fingerprint density at radius 3 is 2.40 bits per heavy atom. The van der Waals surface area contributed by atoms with Gasteiger partial charge in [-0.2, -0.15) is 0 Å². The van der Waals surface area contributed by atoms with Crippen LogP contribution < -0.4 is 16.4 Å². The molecule has 0 spiro atoms. The lowest BCUT2D eigenvalue weighted by Crippen LogP contribution is -2.18. The van der Waals surface area contributed by atoms with Crippen molar-refractivity contribution in [2.75, 3.05) is 13.1 Å². The summed E-state index contributed by atoms with van der Waals surface area (Å²) < 4.78 is 0. The molecule has 2 aromatic carbocycles. The molecule has 35 heavy (non-hydrogen) atoms. The molecule has 184 valence electrons. The van der Waals surface area contributed by atoms with Crippen molar-refractivity contribution >= 4 is 28.2 Å². The minimum Gasteiger partial charge on any atom is -0.389 e. The lowest BCUT2D eigenvalue weighted by Gasteiger charge is -2.13. The number of fused-ring (bicyclic) bond motifs is 1. The molecule has 0 saturated heterocycles. The van der Waals surface area contributed by atoms with E-state index >= 15 is 0 Å². The highest BCUT2D eigenvalue weighted by atomic mass is 35.5. The first-order chi connectivity index (χ1) is 16.9. The fourth-order valence-electron chi connectivity index (χ4n) is 4.25. The second-order valence-corrected chi connectivity index (χ2v) is 10.1. The second kappa shape index (κ2) is 11.3. The Kier molecular flexibility index (Phi) is 8.15. The molecule has 0 unspecified atom stereocenters. The molecule has 4 N–H and O–H groups in total. The number of pyridine rings is 1. The molecule has 1 aliphatic carbocycles. The van der Waals surface area contributed by atoms with Crippen molar-refractivity contribution in [2.45, 2.75) is 57.4 Å². The summed E-state index contributed by atoms with van der Waals surface area (Å²) in [6.07, 6.45) is 7.72. The molecule has 4 rings (SSSR count). The van der Waals surface area contributed by atoms with Gasteiger partial charge in [-0.25, -0.2) is 4.98 Å². The third-order valence-corrected chi connectivity index (χ3v) is 7.11. The number of unbranched alkanes of at least 4 members (excludes halogenated alkanes) is 2. The predicted molar refractivity (Wildman–Crippen MR) is 150 cm³/mol. The van der Waals surface area contributed by atoms with Crippen LogP contribution in [-0.4, -0.2) is 18.1 Å². The molecule has 0 atom stereocenters. The summed E-state index contributed by atoms with van der Waals surface area (Å²) in [5, 5.41) is 8.52. The number of aromatic nitrogens is 1. The van der Waals surface area contributed by atoms with Crippen molar-refractivity contribution in [1.29, 1.82) is 0 Å². The normalized spacial score (nSPS) is 14.0. The van der Waals surface area contributed by atoms with Crippen LogP contribution in [0.2, 0.25) is 5.02 Å². The van der Waals surface area contributed by atoms with Crippen molar-refractivity contribution < 1.29 is 0 Å². The van der Waals surface area contributed by atoms with Crippen LogP contribution in [-0.2, 0) is 5.54 Å². The minimum atomic E-state index is -0.130. The molecule has 1 aromatic heterocycles. The van der Waals surface area contributed by atoms with Crippen molar-refractivity contribution in [3.63, 3.8) is 0 Å². The maximum atomic E-state index is 6.63. The maximum absolute atomic E-state index is 6.63. The van der Waals surface area contributed by atoms with Gasteiger partial charge in [-0.15, -0.1) is 0 Å². The lowest BCUT2D eigenvalue weighted by molar-refractivity contribution is 0.637. The summed E-state index contributed by atoms with van der Waals surface area (Å²) in [5.74, 6) is 0. The summed E-state index contributed by atoms with van der Waals surface area (Å²) in [7, 11) is 0.